The normalized spacial score (nSPS) is 17.8. The fraction of sp³-hybridized carbons (Fsp3) is 0.692. The first-order valence-corrected chi connectivity index (χ1v) is 6.67. The van der Waals surface area contributed by atoms with E-state index in [0.29, 0.717) is 6.54 Å². The van der Waals surface area contributed by atoms with E-state index in [1.807, 2.05) is 29.6 Å². The maximum atomic E-state index is 12.0. The molecule has 0 saturated carbocycles. The molecule has 18 heavy (non-hydrogen) atoms. The number of nitrogens with zero attached hydrogens (tertiary/aromatic N) is 3. The van der Waals surface area contributed by atoms with E-state index in [0.717, 1.165) is 31.8 Å². The Morgan fingerprint density at radius 2 is 2.17 bits per heavy atom. The van der Waals surface area contributed by atoms with E-state index in [-0.39, 0.29) is 11.9 Å². The number of aryl methyl sites for hydroxylation is 1. The van der Waals surface area contributed by atoms with Crippen molar-refractivity contribution in [2.75, 3.05) is 19.6 Å². The van der Waals surface area contributed by atoms with Crippen LogP contribution in [0.2, 0.25) is 0 Å². The van der Waals surface area contributed by atoms with Gasteiger partial charge in [-0.15, -0.1) is 0 Å². The van der Waals surface area contributed by atoms with Crippen molar-refractivity contribution in [3.63, 3.8) is 0 Å². The topological polar surface area (TPSA) is 50.2 Å². The lowest BCUT2D eigenvalue weighted by atomic mass is 10.1. The molecule has 1 N–H and O–H groups in total. The number of likely N-dealkylation sites (tertiary alicyclic amines) is 1. The molecule has 2 rings (SSSR count). The van der Waals surface area contributed by atoms with E-state index >= 15 is 0 Å². The summed E-state index contributed by atoms with van der Waals surface area (Å²) >= 11 is 0. The van der Waals surface area contributed by atoms with Crippen molar-refractivity contribution in [1.29, 1.82) is 0 Å². The molecule has 5 nitrogen and oxygen atoms in total. The van der Waals surface area contributed by atoms with E-state index in [2.05, 4.69) is 10.3 Å². The molecule has 0 radical (unpaired) electrons. The van der Waals surface area contributed by atoms with Crippen LogP contribution in [-0.2, 0) is 11.8 Å². The summed E-state index contributed by atoms with van der Waals surface area (Å²) in [7, 11) is 1.97. The summed E-state index contributed by atoms with van der Waals surface area (Å²) in [4.78, 5) is 18.2. The Bertz CT molecular complexity index is 395. The Balaban J connectivity index is 1.80. The van der Waals surface area contributed by atoms with Crippen LogP contribution < -0.4 is 5.32 Å². The summed E-state index contributed by atoms with van der Waals surface area (Å²) in [5.74, 6) is 1.16. The molecule has 1 saturated heterocycles. The lowest BCUT2D eigenvalue weighted by molar-refractivity contribution is -0.131. The number of piperidine rings is 1. The van der Waals surface area contributed by atoms with Crippen molar-refractivity contribution < 1.29 is 4.79 Å². The third kappa shape index (κ3) is 3.10. The van der Waals surface area contributed by atoms with Gasteiger partial charge in [0.05, 0.1) is 12.6 Å². The highest BCUT2D eigenvalue weighted by Gasteiger charge is 2.17. The number of aromatic nitrogens is 2. The predicted molar refractivity (Wildman–Crippen MR) is 70.1 cm³/mol. The molecule has 1 atom stereocenters. The minimum Gasteiger partial charge on any atom is -0.342 e. The number of nitrogens with one attached hydrogen (secondary N) is 1. The number of carbonyl (C=O) groups is 1. The lowest BCUT2D eigenvalue weighted by Crippen LogP contribution is -2.41. The van der Waals surface area contributed by atoms with Gasteiger partial charge in [-0.2, -0.15) is 0 Å². The van der Waals surface area contributed by atoms with Gasteiger partial charge in [0.1, 0.15) is 5.82 Å². The third-order valence-corrected chi connectivity index (χ3v) is 3.51. The second-order valence-electron chi connectivity index (χ2n) is 4.94. The molecule has 1 aliphatic rings. The minimum atomic E-state index is 0.0961. The first-order chi connectivity index (χ1) is 8.68. The van der Waals surface area contributed by atoms with Crippen molar-refractivity contribution in [3.05, 3.63) is 18.2 Å². The Morgan fingerprint density at radius 3 is 2.78 bits per heavy atom. The zero-order valence-corrected chi connectivity index (χ0v) is 11.2. The number of hydrogen-bond acceptors (Lipinski definition) is 3. The highest BCUT2D eigenvalue weighted by molar-refractivity contribution is 5.78. The van der Waals surface area contributed by atoms with Gasteiger partial charge in [0, 0.05) is 32.5 Å². The van der Waals surface area contributed by atoms with Gasteiger partial charge in [0.2, 0.25) is 5.91 Å². The van der Waals surface area contributed by atoms with Crippen LogP contribution in [0.3, 0.4) is 0 Å². The number of hydrogen-bond donors (Lipinski definition) is 1. The second-order valence-corrected chi connectivity index (χ2v) is 4.94. The summed E-state index contributed by atoms with van der Waals surface area (Å²) in [6, 6.07) is 0.0961. The summed E-state index contributed by atoms with van der Waals surface area (Å²) in [6.07, 6.45) is 7.22. The molecule has 2 heterocycles. The van der Waals surface area contributed by atoms with E-state index in [9.17, 15) is 4.79 Å². The Kier molecular flexibility index (Phi) is 4.36. The van der Waals surface area contributed by atoms with E-state index in [1.165, 1.54) is 6.42 Å². The molecule has 0 aromatic carbocycles. The molecule has 1 aromatic heterocycles. The van der Waals surface area contributed by atoms with Gasteiger partial charge in [-0.25, -0.2) is 4.98 Å². The molecule has 0 spiro atoms. The van der Waals surface area contributed by atoms with Crippen LogP contribution in [0.15, 0.2) is 12.4 Å². The predicted octanol–water partition coefficient (Wildman–Crippen LogP) is 1.08. The molecule has 1 aromatic rings. The van der Waals surface area contributed by atoms with Crippen molar-refractivity contribution >= 4 is 5.91 Å². The maximum Gasteiger partial charge on any atom is 0.236 e. The van der Waals surface area contributed by atoms with Gasteiger partial charge < -0.3 is 9.47 Å². The highest BCUT2D eigenvalue weighted by atomic mass is 16.2. The van der Waals surface area contributed by atoms with Crippen molar-refractivity contribution in [2.45, 2.75) is 32.2 Å². The highest BCUT2D eigenvalue weighted by Crippen LogP contribution is 2.10. The SMILES string of the molecule is CC(NCC(=O)N1CCCCC1)c1nccn1C. The fourth-order valence-corrected chi connectivity index (χ4v) is 2.38. The maximum absolute atomic E-state index is 12.0. The van der Waals surface area contributed by atoms with Crippen LogP contribution in [0, 0.1) is 0 Å². The number of rotatable bonds is 4. The zero-order valence-electron chi connectivity index (χ0n) is 11.2. The lowest BCUT2D eigenvalue weighted by Gasteiger charge is -2.27. The van der Waals surface area contributed by atoms with E-state index < -0.39 is 0 Å². The number of amides is 1. The van der Waals surface area contributed by atoms with Crippen LogP contribution in [0.4, 0.5) is 0 Å². The summed E-state index contributed by atoms with van der Waals surface area (Å²) in [5.41, 5.74) is 0. The summed E-state index contributed by atoms with van der Waals surface area (Å²) in [6.45, 7) is 4.26. The molecule has 100 valence electrons. The second kappa shape index (κ2) is 6.00. The monoisotopic (exact) mass is 250 g/mol. The van der Waals surface area contributed by atoms with Crippen LogP contribution >= 0.6 is 0 Å². The van der Waals surface area contributed by atoms with Gasteiger partial charge in [-0.3, -0.25) is 10.1 Å². The molecule has 0 bridgehead atoms. The van der Waals surface area contributed by atoms with Crippen LogP contribution in [0.25, 0.3) is 0 Å². The Morgan fingerprint density at radius 1 is 1.44 bits per heavy atom. The smallest absolute Gasteiger partial charge is 0.236 e. The van der Waals surface area contributed by atoms with Gasteiger partial charge in [0.15, 0.2) is 0 Å². The average Bonchev–Trinajstić information content (AvgIpc) is 2.83. The molecular weight excluding hydrogens is 228 g/mol. The molecule has 5 heteroatoms. The quantitative estimate of drug-likeness (QED) is 0.870. The molecule has 0 aliphatic carbocycles. The summed E-state index contributed by atoms with van der Waals surface area (Å²) in [5, 5.41) is 3.25. The number of carbonyl (C=O) groups excluding carboxylic acids is 1. The van der Waals surface area contributed by atoms with Crippen LogP contribution in [-0.4, -0.2) is 40.0 Å². The van der Waals surface area contributed by atoms with Crippen molar-refractivity contribution in [2.24, 2.45) is 7.05 Å². The van der Waals surface area contributed by atoms with Gasteiger partial charge in [0.25, 0.3) is 0 Å². The average molecular weight is 250 g/mol. The Labute approximate surface area is 108 Å². The van der Waals surface area contributed by atoms with Crippen molar-refractivity contribution in [3.8, 4) is 0 Å². The van der Waals surface area contributed by atoms with Gasteiger partial charge >= 0.3 is 0 Å². The molecule has 1 amide bonds. The fourth-order valence-electron chi connectivity index (χ4n) is 2.38. The minimum absolute atomic E-state index is 0.0961. The number of imidazole rings is 1. The van der Waals surface area contributed by atoms with Gasteiger partial charge in [-0.1, -0.05) is 0 Å². The standard InChI is InChI=1S/C13H22N4O/c1-11(13-14-6-9-16(13)2)15-10-12(18)17-7-4-3-5-8-17/h6,9,11,15H,3-5,7-8,10H2,1-2H3. The first-order valence-electron chi connectivity index (χ1n) is 6.67. The Hall–Kier alpha value is -1.36. The van der Waals surface area contributed by atoms with Crippen molar-refractivity contribution in [1.82, 2.24) is 19.8 Å². The zero-order chi connectivity index (χ0) is 13.0. The van der Waals surface area contributed by atoms with E-state index in [1.54, 1.807) is 6.20 Å². The van der Waals surface area contributed by atoms with Gasteiger partial charge in [-0.05, 0) is 26.2 Å². The molecule has 1 aliphatic heterocycles. The van der Waals surface area contributed by atoms with Crippen LogP contribution in [0.1, 0.15) is 38.1 Å². The summed E-state index contributed by atoms with van der Waals surface area (Å²) < 4.78 is 1.98. The third-order valence-electron chi connectivity index (χ3n) is 3.51. The first kappa shape index (κ1) is 13.1. The molecular formula is C13H22N4O. The molecule has 1 fully saturated rings. The van der Waals surface area contributed by atoms with E-state index in [4.69, 9.17) is 0 Å². The van der Waals surface area contributed by atoms with Crippen LogP contribution in [0.5, 0.6) is 0 Å². The molecule has 1 unspecified atom stereocenters. The largest absolute Gasteiger partial charge is 0.342 e.